The number of ether oxygens (including phenoxy) is 2. The molecule has 7 nitrogen and oxygen atoms in total. The second kappa shape index (κ2) is 13.3. The van der Waals surface area contributed by atoms with Gasteiger partial charge in [0.2, 0.25) is 0 Å². The summed E-state index contributed by atoms with van der Waals surface area (Å²) in [6.07, 6.45) is 5.23. The lowest BCUT2D eigenvalue weighted by atomic mass is 10.1. The fourth-order valence-electron chi connectivity index (χ4n) is 3.84. The molecule has 1 aliphatic heterocycles. The third-order valence-electron chi connectivity index (χ3n) is 5.66. The van der Waals surface area contributed by atoms with Crippen LogP contribution in [0.5, 0.6) is 11.5 Å². The lowest BCUT2D eigenvalue weighted by molar-refractivity contribution is 0.279. The third kappa shape index (κ3) is 6.58. The summed E-state index contributed by atoms with van der Waals surface area (Å²) in [4.78, 5) is 10.9. The number of fused-ring (bicyclic) bond motifs is 1. The number of rotatable bonds is 7. The molecule has 0 spiro atoms. The van der Waals surface area contributed by atoms with E-state index in [9.17, 15) is 4.39 Å². The number of aryl methyl sites for hydroxylation is 1. The Hall–Kier alpha value is -4.07. The van der Waals surface area contributed by atoms with Crippen molar-refractivity contribution < 1.29 is 13.9 Å². The van der Waals surface area contributed by atoms with Crippen molar-refractivity contribution in [3.05, 3.63) is 96.0 Å². The van der Waals surface area contributed by atoms with Gasteiger partial charge in [-0.2, -0.15) is 0 Å². The van der Waals surface area contributed by atoms with Gasteiger partial charge in [-0.15, -0.1) is 0 Å². The highest BCUT2D eigenvalue weighted by Gasteiger charge is 2.28. The molecular formula is C29H36FN5O2. The van der Waals surface area contributed by atoms with Crippen LogP contribution in [0.2, 0.25) is 0 Å². The summed E-state index contributed by atoms with van der Waals surface area (Å²) in [5.41, 5.74) is 2.39. The van der Waals surface area contributed by atoms with Crippen LogP contribution in [-0.2, 0) is 20.3 Å². The van der Waals surface area contributed by atoms with Crippen LogP contribution in [0.4, 0.5) is 15.9 Å². The van der Waals surface area contributed by atoms with Gasteiger partial charge in [-0.3, -0.25) is 0 Å². The van der Waals surface area contributed by atoms with Gasteiger partial charge < -0.3 is 24.3 Å². The molecule has 1 unspecified atom stereocenters. The summed E-state index contributed by atoms with van der Waals surface area (Å²) in [5, 5.41) is 3.49. The van der Waals surface area contributed by atoms with Gasteiger partial charge >= 0.3 is 0 Å². The number of nitrogens with one attached hydrogen (secondary N) is 1. The SMILES string of the molecule is CC.CC.CN1c2ncccc2NC1c1cc(OCc2ccccc2F)cc(OCc2nccn2C)c1. The minimum Gasteiger partial charge on any atom is -0.489 e. The number of pyridine rings is 1. The Bertz CT molecular complexity index is 1280. The van der Waals surface area contributed by atoms with Crippen molar-refractivity contribution in [2.45, 2.75) is 47.1 Å². The standard InChI is InChI=1S/C25H24FN5O2.2C2H6/c1-30-11-10-27-23(30)16-33-20-13-18(24-29-22-8-5-9-28-25(22)31(24)2)12-19(14-20)32-15-17-6-3-4-7-21(17)26;2*1-2/h3-14,24,29H,15-16H2,1-2H3;2*1-2H3. The fraction of sp³-hybridized carbons (Fsp3) is 0.310. The molecule has 0 amide bonds. The van der Waals surface area contributed by atoms with Crippen molar-refractivity contribution in [2.24, 2.45) is 7.05 Å². The number of imidazole rings is 1. The molecule has 4 aromatic rings. The summed E-state index contributed by atoms with van der Waals surface area (Å²) in [6.45, 7) is 8.43. The summed E-state index contributed by atoms with van der Waals surface area (Å²) in [7, 11) is 3.91. The van der Waals surface area contributed by atoms with E-state index in [-0.39, 0.29) is 18.6 Å². The monoisotopic (exact) mass is 505 g/mol. The average molecular weight is 506 g/mol. The second-order valence-electron chi connectivity index (χ2n) is 7.89. The highest BCUT2D eigenvalue weighted by Crippen LogP contribution is 2.40. The van der Waals surface area contributed by atoms with Gasteiger partial charge in [0.15, 0.2) is 5.82 Å². The zero-order valence-corrected chi connectivity index (χ0v) is 22.4. The molecule has 8 heteroatoms. The summed E-state index contributed by atoms with van der Waals surface area (Å²) in [6, 6.07) is 16.2. The molecule has 0 fully saturated rings. The number of aromatic nitrogens is 3. The molecule has 2 aromatic heterocycles. The van der Waals surface area contributed by atoms with E-state index in [4.69, 9.17) is 9.47 Å². The maximum absolute atomic E-state index is 14.1. The Morgan fingerprint density at radius 3 is 2.22 bits per heavy atom. The van der Waals surface area contributed by atoms with E-state index in [2.05, 4.69) is 20.2 Å². The van der Waals surface area contributed by atoms with Crippen molar-refractivity contribution in [1.29, 1.82) is 0 Å². The molecule has 0 aliphatic carbocycles. The highest BCUT2D eigenvalue weighted by atomic mass is 19.1. The van der Waals surface area contributed by atoms with Crippen molar-refractivity contribution in [3.63, 3.8) is 0 Å². The van der Waals surface area contributed by atoms with Crippen molar-refractivity contribution in [2.75, 3.05) is 17.3 Å². The van der Waals surface area contributed by atoms with Crippen LogP contribution in [0.1, 0.15) is 50.8 Å². The molecule has 5 rings (SSSR count). The van der Waals surface area contributed by atoms with Crippen molar-refractivity contribution >= 4 is 11.5 Å². The smallest absolute Gasteiger partial charge is 0.153 e. The van der Waals surface area contributed by atoms with Crippen LogP contribution < -0.4 is 19.7 Å². The number of halogens is 1. The van der Waals surface area contributed by atoms with E-state index in [1.165, 1.54) is 6.07 Å². The largest absolute Gasteiger partial charge is 0.489 e. The van der Waals surface area contributed by atoms with Gasteiger partial charge in [0.1, 0.15) is 42.5 Å². The van der Waals surface area contributed by atoms with Gasteiger partial charge in [0, 0.05) is 49.9 Å². The Labute approximate surface area is 218 Å². The first-order valence-electron chi connectivity index (χ1n) is 12.6. The minimum atomic E-state index is -0.293. The Morgan fingerprint density at radius 1 is 0.865 bits per heavy atom. The van der Waals surface area contributed by atoms with Gasteiger partial charge in [-0.25, -0.2) is 14.4 Å². The van der Waals surface area contributed by atoms with Crippen LogP contribution in [0.3, 0.4) is 0 Å². The molecule has 0 radical (unpaired) electrons. The molecule has 0 saturated carbocycles. The molecule has 2 aromatic carbocycles. The van der Waals surface area contributed by atoms with Gasteiger partial charge in [0.05, 0.1) is 5.69 Å². The first-order valence-corrected chi connectivity index (χ1v) is 12.6. The number of benzene rings is 2. The molecule has 0 bridgehead atoms. The van der Waals surface area contributed by atoms with Crippen LogP contribution in [0, 0.1) is 5.82 Å². The van der Waals surface area contributed by atoms with E-state index < -0.39 is 0 Å². The van der Waals surface area contributed by atoms with E-state index >= 15 is 0 Å². The Morgan fingerprint density at radius 2 is 1.57 bits per heavy atom. The third-order valence-corrected chi connectivity index (χ3v) is 5.66. The van der Waals surface area contributed by atoms with E-state index in [0.29, 0.717) is 23.7 Å². The van der Waals surface area contributed by atoms with Crippen molar-refractivity contribution in [3.8, 4) is 11.5 Å². The predicted molar refractivity (Wildman–Crippen MR) is 146 cm³/mol. The van der Waals surface area contributed by atoms with Gasteiger partial charge in [-0.1, -0.05) is 45.9 Å². The normalized spacial score (nSPS) is 13.4. The zero-order chi connectivity index (χ0) is 26.8. The van der Waals surface area contributed by atoms with E-state index in [0.717, 1.165) is 22.9 Å². The maximum Gasteiger partial charge on any atom is 0.153 e. The number of hydrogen-bond acceptors (Lipinski definition) is 6. The van der Waals surface area contributed by atoms with Crippen LogP contribution in [-0.4, -0.2) is 21.6 Å². The van der Waals surface area contributed by atoms with Crippen LogP contribution in [0.25, 0.3) is 0 Å². The molecule has 3 heterocycles. The molecule has 1 aliphatic rings. The number of hydrogen-bond donors (Lipinski definition) is 1. The molecular weight excluding hydrogens is 469 g/mol. The van der Waals surface area contributed by atoms with Crippen LogP contribution >= 0.6 is 0 Å². The quantitative estimate of drug-likeness (QED) is 0.301. The van der Waals surface area contributed by atoms with E-state index in [1.807, 2.05) is 82.9 Å². The number of anilines is 2. The highest BCUT2D eigenvalue weighted by molar-refractivity contribution is 5.72. The van der Waals surface area contributed by atoms with E-state index in [1.54, 1.807) is 30.6 Å². The molecule has 1 atom stereocenters. The second-order valence-corrected chi connectivity index (χ2v) is 7.89. The predicted octanol–water partition coefficient (Wildman–Crippen LogP) is 6.73. The Balaban J connectivity index is 0.000000907. The maximum atomic E-state index is 14.1. The number of nitrogens with zero attached hydrogens (tertiary/aromatic N) is 4. The lowest BCUT2D eigenvalue weighted by Crippen LogP contribution is -2.24. The minimum absolute atomic E-state index is 0.116. The topological polar surface area (TPSA) is 64.4 Å². The van der Waals surface area contributed by atoms with Gasteiger partial charge in [0.25, 0.3) is 0 Å². The first kappa shape index (κ1) is 27.5. The summed E-state index contributed by atoms with van der Waals surface area (Å²) in [5.74, 6) is 2.61. The molecule has 196 valence electrons. The fourth-order valence-corrected chi connectivity index (χ4v) is 3.84. The zero-order valence-electron chi connectivity index (χ0n) is 22.4. The molecule has 0 saturated heterocycles. The Kier molecular flexibility index (Phi) is 9.89. The summed E-state index contributed by atoms with van der Waals surface area (Å²) < 4.78 is 28.0. The van der Waals surface area contributed by atoms with Crippen LogP contribution in [0.15, 0.2) is 73.2 Å². The van der Waals surface area contributed by atoms with Crippen molar-refractivity contribution in [1.82, 2.24) is 14.5 Å². The summed E-state index contributed by atoms with van der Waals surface area (Å²) >= 11 is 0. The van der Waals surface area contributed by atoms with Gasteiger partial charge in [-0.05, 0) is 30.3 Å². The average Bonchev–Trinajstić information content (AvgIpc) is 3.51. The first-order chi connectivity index (χ1) is 18.1. The molecule has 37 heavy (non-hydrogen) atoms. The lowest BCUT2D eigenvalue weighted by Gasteiger charge is -2.23. The molecule has 1 N–H and O–H groups in total.